The lowest BCUT2D eigenvalue weighted by Crippen LogP contribution is -2.53. The number of nitrogens with one attached hydrogen (secondary N) is 1. The average molecular weight is 863 g/mol. The summed E-state index contributed by atoms with van der Waals surface area (Å²) in [4.78, 5) is 80.2. The molecule has 0 saturated carbocycles. The van der Waals surface area contributed by atoms with E-state index >= 15 is 4.39 Å². The van der Waals surface area contributed by atoms with Crippen molar-refractivity contribution in [1.82, 2.24) is 10.2 Å². The van der Waals surface area contributed by atoms with Gasteiger partial charge in [0.05, 0.1) is 18.8 Å². The maximum absolute atomic E-state index is 15.7. The number of hydrogen-bond donors (Lipinski definition) is 2. The van der Waals surface area contributed by atoms with Gasteiger partial charge in [0, 0.05) is 38.9 Å². The third-order valence-electron chi connectivity index (χ3n) is 10.1. The maximum Gasteiger partial charge on any atom is 0.414 e. The number of ether oxygens (including phenoxy) is 6. The number of carbonyl (C=O) groups excluding carboxylic acids is 6. The van der Waals surface area contributed by atoms with E-state index < -0.39 is 65.2 Å². The molecule has 2 heterocycles. The highest BCUT2D eigenvalue weighted by Gasteiger charge is 2.44. The minimum absolute atomic E-state index is 0.0340. The molecule has 3 amide bonds. The molecule has 2 fully saturated rings. The van der Waals surface area contributed by atoms with Gasteiger partial charge < -0.3 is 44.4 Å². The van der Waals surface area contributed by atoms with Crippen LogP contribution in [0.3, 0.4) is 0 Å². The predicted octanol–water partition coefficient (Wildman–Crippen LogP) is 5.58. The average Bonchev–Trinajstić information content (AvgIpc) is 3.62. The Bertz CT molecular complexity index is 2020. The molecular formula is C45H55FN4O12. The molecule has 3 aromatic rings. The molecule has 3 N–H and O–H groups in total. The third-order valence-corrected chi connectivity index (χ3v) is 10.1. The fourth-order valence-corrected chi connectivity index (χ4v) is 6.72. The number of nitrogens with two attached hydrogens (primary N) is 1. The third kappa shape index (κ3) is 13.9. The van der Waals surface area contributed by atoms with E-state index in [1.54, 1.807) is 45.0 Å². The van der Waals surface area contributed by atoms with Crippen LogP contribution in [-0.2, 0) is 56.1 Å². The Morgan fingerprint density at radius 1 is 0.887 bits per heavy atom. The van der Waals surface area contributed by atoms with Crippen molar-refractivity contribution in [2.75, 3.05) is 37.7 Å². The largest absolute Gasteiger partial charge is 0.486 e. The number of amides is 3. The Labute approximate surface area is 360 Å². The minimum atomic E-state index is -1.45. The van der Waals surface area contributed by atoms with Crippen LogP contribution in [0.25, 0.3) is 0 Å². The zero-order valence-electron chi connectivity index (χ0n) is 35.5. The lowest BCUT2D eigenvalue weighted by molar-refractivity contribution is -0.180. The summed E-state index contributed by atoms with van der Waals surface area (Å²) in [5.41, 5.74) is 5.60. The summed E-state index contributed by atoms with van der Waals surface area (Å²) in [6.07, 6.45) is -1.69. The second kappa shape index (κ2) is 21.5. The van der Waals surface area contributed by atoms with Gasteiger partial charge in [-0.05, 0) is 63.3 Å². The molecule has 0 radical (unpaired) electrons. The molecule has 2 aliphatic rings. The highest BCUT2D eigenvalue weighted by atomic mass is 19.1. The highest BCUT2D eigenvalue weighted by Crippen LogP contribution is 2.33. The molecule has 0 aromatic heterocycles. The number of rotatable bonds is 18. The van der Waals surface area contributed by atoms with Gasteiger partial charge in [-0.2, -0.15) is 0 Å². The van der Waals surface area contributed by atoms with Crippen molar-refractivity contribution in [2.45, 2.75) is 96.4 Å². The Kier molecular flexibility index (Phi) is 16.3. The van der Waals surface area contributed by atoms with Crippen LogP contribution in [0.4, 0.5) is 19.7 Å². The van der Waals surface area contributed by atoms with E-state index in [9.17, 15) is 28.8 Å². The lowest BCUT2D eigenvalue weighted by atomic mass is 9.91. The number of carbonyl (C=O) groups is 6. The topological polar surface area (TPSA) is 202 Å². The zero-order valence-corrected chi connectivity index (χ0v) is 35.5. The van der Waals surface area contributed by atoms with E-state index in [1.165, 1.54) is 28.9 Å². The second-order valence-electron chi connectivity index (χ2n) is 16.3. The van der Waals surface area contributed by atoms with Crippen LogP contribution >= 0.6 is 0 Å². The van der Waals surface area contributed by atoms with Gasteiger partial charge in [-0.3, -0.25) is 24.1 Å². The fraction of sp³-hybridized carbons (Fsp3) is 0.467. The fourth-order valence-electron chi connectivity index (χ4n) is 6.72. The van der Waals surface area contributed by atoms with Gasteiger partial charge >= 0.3 is 30.1 Å². The van der Waals surface area contributed by atoms with Crippen LogP contribution in [0.15, 0.2) is 78.9 Å². The Morgan fingerprint density at radius 3 is 2.08 bits per heavy atom. The van der Waals surface area contributed by atoms with E-state index in [0.29, 0.717) is 5.56 Å². The molecule has 2 aliphatic heterocycles. The lowest BCUT2D eigenvalue weighted by Gasteiger charge is -2.41. The van der Waals surface area contributed by atoms with Crippen molar-refractivity contribution in [3.63, 3.8) is 0 Å². The molecule has 16 nitrogen and oxygen atoms in total. The van der Waals surface area contributed by atoms with Crippen molar-refractivity contribution in [2.24, 2.45) is 11.7 Å². The van der Waals surface area contributed by atoms with Gasteiger partial charge in [-0.15, -0.1) is 0 Å². The molecule has 17 heteroatoms. The van der Waals surface area contributed by atoms with E-state index in [1.807, 2.05) is 36.4 Å². The molecule has 3 atom stereocenters. The molecule has 334 valence electrons. The number of halogens is 1. The second-order valence-corrected chi connectivity index (χ2v) is 16.3. The summed E-state index contributed by atoms with van der Waals surface area (Å²) in [6.45, 7) is 6.42. The van der Waals surface area contributed by atoms with Gasteiger partial charge in [0.15, 0.2) is 17.5 Å². The highest BCUT2D eigenvalue weighted by molar-refractivity contribution is 5.95. The summed E-state index contributed by atoms with van der Waals surface area (Å²) in [5, 5.41) is 2.59. The van der Waals surface area contributed by atoms with Crippen LogP contribution in [0.2, 0.25) is 0 Å². The Balaban J connectivity index is 1.30. The summed E-state index contributed by atoms with van der Waals surface area (Å²) >= 11 is 0. The molecule has 0 aliphatic carbocycles. The number of benzene rings is 3. The molecule has 3 aromatic carbocycles. The van der Waals surface area contributed by atoms with E-state index in [4.69, 9.17) is 34.2 Å². The minimum Gasteiger partial charge on any atom is -0.486 e. The Hall–Kier alpha value is -6.23. The molecular weight excluding hydrogens is 808 g/mol. The van der Waals surface area contributed by atoms with Crippen LogP contribution in [0.1, 0.15) is 70.9 Å². The van der Waals surface area contributed by atoms with E-state index in [0.717, 1.165) is 11.6 Å². The molecule has 62 heavy (non-hydrogen) atoms. The number of hydrogen-bond acceptors (Lipinski definition) is 13. The van der Waals surface area contributed by atoms with Gasteiger partial charge in [0.25, 0.3) is 0 Å². The van der Waals surface area contributed by atoms with Crippen LogP contribution < -0.4 is 20.7 Å². The number of likely N-dealkylation sites (tertiary alicyclic amines) is 1. The molecule has 2 saturated heterocycles. The normalized spacial score (nSPS) is 16.9. The molecule has 2 unspecified atom stereocenters. The van der Waals surface area contributed by atoms with Crippen molar-refractivity contribution in [3.8, 4) is 5.75 Å². The first-order chi connectivity index (χ1) is 29.5. The SMILES string of the molecule is CC(=O)NC[C@H]1CN(c2ccc(OCC3(OC(=O)C(CCCC(N)C(=O)OCc4ccccc4)C(=O)OCc4ccccc4)CCN(C(=O)OC(C)(C)C)CC3)c(F)c2)C(=O)O1. The van der Waals surface area contributed by atoms with Crippen LogP contribution in [0, 0.1) is 11.7 Å². The molecule has 0 spiro atoms. The quantitative estimate of drug-likeness (QED) is 0.0913. The predicted molar refractivity (Wildman–Crippen MR) is 222 cm³/mol. The van der Waals surface area contributed by atoms with Crippen LogP contribution in [0.5, 0.6) is 5.75 Å². The number of piperidine rings is 1. The number of nitrogens with zero attached hydrogens (tertiary/aromatic N) is 2. The number of esters is 3. The summed E-state index contributed by atoms with van der Waals surface area (Å²) in [6, 6.07) is 20.8. The number of anilines is 1. The van der Waals surface area contributed by atoms with E-state index in [-0.39, 0.29) is 95.4 Å². The molecule has 0 bridgehead atoms. The standard InChI is InChI=1S/C45H55FN4O12/c1-30(51)48-25-34-26-50(43(56)60-34)33-18-19-38(36(46)24-33)59-29-45(20-22-49(23-21-45)42(55)62-44(2,3)4)61-40(53)35(39(52)57-27-31-12-7-5-8-13-31)16-11-17-37(47)41(54)58-28-32-14-9-6-10-15-32/h5-10,12-15,18-19,24,34-35,37H,11,16-17,20-23,25-29,47H2,1-4H3,(H,48,51)/t34-,35?,37?/m0/s1. The first-order valence-corrected chi connectivity index (χ1v) is 20.5. The van der Waals surface area contributed by atoms with Gasteiger partial charge in [-0.25, -0.2) is 14.0 Å². The summed E-state index contributed by atoms with van der Waals surface area (Å²) in [5.74, 6) is -5.21. The van der Waals surface area contributed by atoms with E-state index in [2.05, 4.69) is 5.32 Å². The van der Waals surface area contributed by atoms with Gasteiger partial charge in [0.2, 0.25) is 5.91 Å². The number of cyclic esters (lactones) is 1. The Morgan fingerprint density at radius 2 is 1.50 bits per heavy atom. The maximum atomic E-state index is 15.7. The van der Waals surface area contributed by atoms with Crippen molar-refractivity contribution >= 4 is 41.7 Å². The first kappa shape index (κ1) is 46.8. The first-order valence-electron chi connectivity index (χ1n) is 20.5. The van der Waals surface area contributed by atoms with Crippen molar-refractivity contribution in [3.05, 3.63) is 95.8 Å². The molecule has 5 rings (SSSR count). The zero-order chi connectivity index (χ0) is 44.9. The van der Waals surface area contributed by atoms with Crippen molar-refractivity contribution in [1.29, 1.82) is 0 Å². The summed E-state index contributed by atoms with van der Waals surface area (Å²) < 4.78 is 49.6. The van der Waals surface area contributed by atoms with Gasteiger partial charge in [-0.1, -0.05) is 60.7 Å². The monoisotopic (exact) mass is 862 g/mol. The van der Waals surface area contributed by atoms with Crippen LogP contribution in [-0.4, -0.2) is 97.0 Å². The van der Waals surface area contributed by atoms with Gasteiger partial charge in [0.1, 0.15) is 43.2 Å². The smallest absolute Gasteiger partial charge is 0.414 e. The van der Waals surface area contributed by atoms with Crippen molar-refractivity contribution < 1.29 is 61.6 Å². The summed E-state index contributed by atoms with van der Waals surface area (Å²) in [7, 11) is 0.